The van der Waals surface area contributed by atoms with Crippen LogP contribution in [-0.4, -0.2) is 5.78 Å². The van der Waals surface area contributed by atoms with E-state index in [2.05, 4.69) is 0 Å². The van der Waals surface area contributed by atoms with E-state index < -0.39 is 0 Å². The maximum atomic E-state index is 13.4. The van der Waals surface area contributed by atoms with Gasteiger partial charge in [-0.25, -0.2) is 4.39 Å². The molecule has 2 aromatic rings. The molecule has 2 rings (SSSR count). The summed E-state index contributed by atoms with van der Waals surface area (Å²) in [7, 11) is 0. The van der Waals surface area contributed by atoms with Crippen LogP contribution in [0.4, 0.5) is 10.1 Å². The van der Waals surface area contributed by atoms with Crippen molar-refractivity contribution in [2.75, 3.05) is 5.73 Å². The van der Waals surface area contributed by atoms with Gasteiger partial charge in [0.1, 0.15) is 5.82 Å². The smallest absolute Gasteiger partial charge is 0.167 e. The van der Waals surface area contributed by atoms with Crippen LogP contribution in [-0.2, 0) is 6.42 Å². The second kappa shape index (κ2) is 5.19. The quantitative estimate of drug-likeness (QED) is 0.680. The van der Waals surface area contributed by atoms with Gasteiger partial charge in [0.15, 0.2) is 5.78 Å². The van der Waals surface area contributed by atoms with E-state index in [-0.39, 0.29) is 18.0 Å². The SMILES string of the molecule is Nc1cc(C(=O)Cc2ccccc2F)ccc1Cl. The number of carbonyl (C=O) groups excluding carboxylic acids is 1. The molecule has 2 aromatic carbocycles. The van der Waals surface area contributed by atoms with Gasteiger partial charge in [-0.1, -0.05) is 29.8 Å². The van der Waals surface area contributed by atoms with Gasteiger partial charge in [-0.3, -0.25) is 4.79 Å². The van der Waals surface area contributed by atoms with Crippen LogP contribution in [0, 0.1) is 5.82 Å². The van der Waals surface area contributed by atoms with Crippen LogP contribution < -0.4 is 5.73 Å². The largest absolute Gasteiger partial charge is 0.398 e. The minimum absolute atomic E-state index is 0.00768. The molecule has 0 aromatic heterocycles. The fourth-order valence-electron chi connectivity index (χ4n) is 1.63. The molecule has 4 heteroatoms. The third-order valence-corrected chi connectivity index (χ3v) is 2.97. The predicted molar refractivity (Wildman–Crippen MR) is 70.3 cm³/mol. The Morgan fingerprint density at radius 3 is 2.61 bits per heavy atom. The first kappa shape index (κ1) is 12.6. The van der Waals surface area contributed by atoms with E-state index in [9.17, 15) is 9.18 Å². The standard InChI is InChI=1S/C14H11ClFNO/c15-11-6-5-10(7-13(11)17)14(18)8-9-3-1-2-4-12(9)16/h1-7H,8,17H2. The van der Waals surface area contributed by atoms with Crippen molar-refractivity contribution in [3.05, 3.63) is 64.4 Å². The molecule has 2 N–H and O–H groups in total. The van der Waals surface area contributed by atoms with Gasteiger partial charge < -0.3 is 5.73 Å². The summed E-state index contributed by atoms with van der Waals surface area (Å²) in [4.78, 5) is 12.0. The molecule has 0 aliphatic carbocycles. The molecular weight excluding hydrogens is 253 g/mol. The third kappa shape index (κ3) is 2.68. The monoisotopic (exact) mass is 263 g/mol. The van der Waals surface area contributed by atoms with Crippen molar-refractivity contribution in [1.29, 1.82) is 0 Å². The molecule has 0 aliphatic heterocycles. The molecule has 0 bridgehead atoms. The van der Waals surface area contributed by atoms with Crippen LogP contribution in [0.15, 0.2) is 42.5 Å². The number of hydrogen-bond acceptors (Lipinski definition) is 2. The fraction of sp³-hybridized carbons (Fsp3) is 0.0714. The topological polar surface area (TPSA) is 43.1 Å². The van der Waals surface area contributed by atoms with E-state index in [1.165, 1.54) is 12.1 Å². The van der Waals surface area contributed by atoms with Gasteiger partial charge in [-0.05, 0) is 29.8 Å². The first-order valence-electron chi connectivity index (χ1n) is 5.39. The lowest BCUT2D eigenvalue weighted by atomic mass is 10.0. The molecule has 0 unspecified atom stereocenters. The first-order chi connectivity index (χ1) is 8.58. The summed E-state index contributed by atoms with van der Waals surface area (Å²) in [6, 6.07) is 10.9. The zero-order valence-electron chi connectivity index (χ0n) is 9.49. The number of ketones is 1. The number of carbonyl (C=O) groups is 1. The van der Waals surface area contributed by atoms with Gasteiger partial charge >= 0.3 is 0 Å². The fourth-order valence-corrected chi connectivity index (χ4v) is 1.75. The van der Waals surface area contributed by atoms with Crippen LogP contribution in [0.3, 0.4) is 0 Å². The Kier molecular flexibility index (Phi) is 3.63. The Labute approximate surface area is 109 Å². The third-order valence-electron chi connectivity index (χ3n) is 2.63. The molecule has 0 fully saturated rings. The van der Waals surface area contributed by atoms with Crippen molar-refractivity contribution in [2.24, 2.45) is 0 Å². The second-order valence-corrected chi connectivity index (χ2v) is 4.33. The van der Waals surface area contributed by atoms with Gasteiger partial charge in [0.25, 0.3) is 0 Å². The van der Waals surface area contributed by atoms with Gasteiger partial charge in [-0.15, -0.1) is 0 Å². The zero-order valence-corrected chi connectivity index (χ0v) is 10.2. The lowest BCUT2D eigenvalue weighted by molar-refractivity contribution is 0.0992. The minimum atomic E-state index is -0.382. The molecular formula is C14H11ClFNO. The number of nitrogens with two attached hydrogens (primary N) is 1. The van der Waals surface area contributed by atoms with Crippen molar-refractivity contribution in [2.45, 2.75) is 6.42 Å². The maximum absolute atomic E-state index is 13.4. The Balaban J connectivity index is 2.22. The molecule has 0 saturated heterocycles. The van der Waals surface area contributed by atoms with Gasteiger partial charge in [0, 0.05) is 12.0 Å². The number of nitrogen functional groups attached to an aromatic ring is 1. The Morgan fingerprint density at radius 1 is 1.22 bits per heavy atom. The number of anilines is 1. The number of hydrogen-bond donors (Lipinski definition) is 1. The Hall–Kier alpha value is -1.87. The minimum Gasteiger partial charge on any atom is -0.398 e. The molecule has 0 heterocycles. The van der Waals surface area contributed by atoms with Gasteiger partial charge in [0.05, 0.1) is 10.7 Å². The lowest BCUT2D eigenvalue weighted by Gasteiger charge is -2.04. The van der Waals surface area contributed by atoms with E-state index in [0.29, 0.717) is 21.8 Å². The van der Waals surface area contributed by atoms with E-state index in [4.69, 9.17) is 17.3 Å². The Bertz CT molecular complexity index is 598. The van der Waals surface area contributed by atoms with E-state index in [1.54, 1.807) is 30.3 Å². The highest BCUT2D eigenvalue weighted by Crippen LogP contribution is 2.20. The van der Waals surface area contributed by atoms with Crippen LogP contribution in [0.1, 0.15) is 15.9 Å². The summed E-state index contributed by atoms with van der Waals surface area (Å²) >= 11 is 5.77. The number of halogens is 2. The molecule has 0 spiro atoms. The van der Waals surface area contributed by atoms with E-state index in [1.807, 2.05) is 0 Å². The average Bonchev–Trinajstić information content (AvgIpc) is 2.35. The molecule has 0 amide bonds. The van der Waals surface area contributed by atoms with Crippen LogP contribution >= 0.6 is 11.6 Å². The first-order valence-corrected chi connectivity index (χ1v) is 5.77. The summed E-state index contributed by atoms with van der Waals surface area (Å²) in [5.41, 5.74) is 6.77. The van der Waals surface area contributed by atoms with Gasteiger partial charge in [0.2, 0.25) is 0 Å². The highest BCUT2D eigenvalue weighted by atomic mass is 35.5. The summed E-state index contributed by atoms with van der Waals surface area (Å²) in [6.07, 6.45) is 0.00768. The molecule has 0 aliphatic rings. The second-order valence-electron chi connectivity index (χ2n) is 3.93. The Morgan fingerprint density at radius 2 is 1.94 bits per heavy atom. The van der Waals surface area contributed by atoms with Crippen molar-refractivity contribution in [3.8, 4) is 0 Å². The molecule has 0 atom stereocenters. The summed E-state index contributed by atoms with van der Waals surface area (Å²) < 4.78 is 13.4. The number of rotatable bonds is 3. The summed E-state index contributed by atoms with van der Waals surface area (Å²) in [5.74, 6) is -0.573. The average molecular weight is 264 g/mol. The molecule has 92 valence electrons. The van der Waals surface area contributed by atoms with Crippen molar-refractivity contribution < 1.29 is 9.18 Å². The van der Waals surface area contributed by atoms with Gasteiger partial charge in [-0.2, -0.15) is 0 Å². The van der Waals surface area contributed by atoms with E-state index >= 15 is 0 Å². The van der Waals surface area contributed by atoms with Crippen LogP contribution in [0.2, 0.25) is 5.02 Å². The summed E-state index contributed by atoms with van der Waals surface area (Å²) in [6.45, 7) is 0. The summed E-state index contributed by atoms with van der Waals surface area (Å²) in [5, 5.41) is 0.400. The normalized spacial score (nSPS) is 10.3. The number of Topliss-reactive ketones (excluding diaryl/α,β-unsaturated/α-hetero) is 1. The number of benzene rings is 2. The van der Waals surface area contributed by atoms with Crippen molar-refractivity contribution in [3.63, 3.8) is 0 Å². The van der Waals surface area contributed by atoms with Crippen molar-refractivity contribution in [1.82, 2.24) is 0 Å². The zero-order chi connectivity index (χ0) is 13.1. The van der Waals surface area contributed by atoms with E-state index in [0.717, 1.165) is 0 Å². The highest BCUT2D eigenvalue weighted by molar-refractivity contribution is 6.33. The van der Waals surface area contributed by atoms with Crippen LogP contribution in [0.25, 0.3) is 0 Å². The molecule has 0 radical (unpaired) electrons. The molecule has 18 heavy (non-hydrogen) atoms. The highest BCUT2D eigenvalue weighted by Gasteiger charge is 2.11. The predicted octanol–water partition coefficient (Wildman–Crippen LogP) is 3.49. The molecule has 0 saturated carbocycles. The molecule has 2 nitrogen and oxygen atoms in total. The lowest BCUT2D eigenvalue weighted by Crippen LogP contribution is -2.05. The maximum Gasteiger partial charge on any atom is 0.167 e. The van der Waals surface area contributed by atoms with Crippen LogP contribution in [0.5, 0.6) is 0 Å². The van der Waals surface area contributed by atoms with Crippen molar-refractivity contribution >= 4 is 23.1 Å².